The largest absolute Gasteiger partial charge is 0.344 e. The summed E-state index contributed by atoms with van der Waals surface area (Å²) in [5, 5.41) is 4.91. The first-order chi connectivity index (χ1) is 29.4. The van der Waals surface area contributed by atoms with Crippen molar-refractivity contribution in [1.82, 2.24) is 4.57 Å². The SMILES string of the molecule is C=CC1=C(/C=C\C)C(C)(C)c2cc(N(c3ccccc3)c3ccc(N(C)c4ccccc4)c(-c4ccc5c(c4)c4ccccc4n5-c4cccc5ccccc45)c3)ccc21. The summed E-state index contributed by atoms with van der Waals surface area (Å²) in [5.74, 6) is 0. The van der Waals surface area contributed by atoms with Crippen molar-refractivity contribution < 1.29 is 0 Å². The van der Waals surface area contributed by atoms with Crippen LogP contribution in [0.4, 0.5) is 28.4 Å². The first-order valence-electron chi connectivity index (χ1n) is 20.8. The summed E-state index contributed by atoms with van der Waals surface area (Å²) in [6.45, 7) is 11.0. The molecule has 9 aromatic rings. The Bertz CT molecular complexity index is 3160. The van der Waals surface area contributed by atoms with Crippen LogP contribution < -0.4 is 9.80 Å². The monoisotopic (exact) mass is 773 g/mol. The van der Waals surface area contributed by atoms with E-state index in [2.05, 4.69) is 243 Å². The molecule has 0 saturated heterocycles. The van der Waals surface area contributed by atoms with Gasteiger partial charge in [0, 0.05) is 62.6 Å². The van der Waals surface area contributed by atoms with Gasteiger partial charge in [-0.05, 0) is 119 Å². The van der Waals surface area contributed by atoms with Crippen molar-refractivity contribution in [2.75, 3.05) is 16.8 Å². The molecule has 0 aliphatic heterocycles. The van der Waals surface area contributed by atoms with Crippen LogP contribution in [0, 0.1) is 0 Å². The number of allylic oxidation sites excluding steroid dienone is 5. The van der Waals surface area contributed by atoms with Crippen LogP contribution in [0.2, 0.25) is 0 Å². The molecule has 0 fully saturated rings. The van der Waals surface area contributed by atoms with Gasteiger partial charge in [0.15, 0.2) is 0 Å². The molecular weight excluding hydrogens is 727 g/mol. The summed E-state index contributed by atoms with van der Waals surface area (Å²) >= 11 is 0. The van der Waals surface area contributed by atoms with Crippen molar-refractivity contribution in [1.29, 1.82) is 0 Å². The Balaban J connectivity index is 1.19. The normalized spacial score (nSPS) is 13.4. The predicted octanol–water partition coefficient (Wildman–Crippen LogP) is 15.6. The maximum atomic E-state index is 4.23. The van der Waals surface area contributed by atoms with E-state index in [1.165, 1.54) is 60.5 Å². The lowest BCUT2D eigenvalue weighted by atomic mass is 9.80. The van der Waals surface area contributed by atoms with Crippen LogP contribution in [-0.2, 0) is 5.41 Å². The summed E-state index contributed by atoms with van der Waals surface area (Å²) in [4.78, 5) is 4.71. The van der Waals surface area contributed by atoms with Gasteiger partial charge in [-0.15, -0.1) is 0 Å². The molecule has 0 radical (unpaired) electrons. The molecule has 3 nitrogen and oxygen atoms in total. The summed E-state index contributed by atoms with van der Waals surface area (Å²) in [5.41, 5.74) is 16.3. The number of rotatable bonds is 9. The fourth-order valence-electron chi connectivity index (χ4n) is 9.54. The Kier molecular flexibility index (Phi) is 9.10. The van der Waals surface area contributed by atoms with Gasteiger partial charge in [-0.25, -0.2) is 0 Å². The molecule has 0 unspecified atom stereocenters. The smallest absolute Gasteiger partial charge is 0.0541 e. The third-order valence-corrected chi connectivity index (χ3v) is 12.5. The van der Waals surface area contributed by atoms with Crippen molar-refractivity contribution in [2.45, 2.75) is 26.2 Å². The van der Waals surface area contributed by atoms with Gasteiger partial charge in [0.1, 0.15) is 0 Å². The van der Waals surface area contributed by atoms with E-state index in [9.17, 15) is 0 Å². The van der Waals surface area contributed by atoms with Crippen molar-refractivity contribution >= 4 is 66.6 Å². The van der Waals surface area contributed by atoms with Crippen LogP contribution in [0.3, 0.4) is 0 Å². The van der Waals surface area contributed by atoms with E-state index in [4.69, 9.17) is 0 Å². The van der Waals surface area contributed by atoms with Crippen LogP contribution in [0.25, 0.3) is 55.0 Å². The van der Waals surface area contributed by atoms with Crippen LogP contribution in [-0.4, -0.2) is 11.6 Å². The second-order valence-corrected chi connectivity index (χ2v) is 16.2. The van der Waals surface area contributed by atoms with Crippen LogP contribution in [0.1, 0.15) is 31.9 Å². The predicted molar refractivity (Wildman–Crippen MR) is 258 cm³/mol. The third-order valence-electron chi connectivity index (χ3n) is 12.5. The number of fused-ring (bicyclic) bond motifs is 5. The van der Waals surface area contributed by atoms with Crippen molar-refractivity contribution in [3.63, 3.8) is 0 Å². The van der Waals surface area contributed by atoms with E-state index < -0.39 is 0 Å². The quantitative estimate of drug-likeness (QED) is 0.145. The van der Waals surface area contributed by atoms with E-state index in [0.717, 1.165) is 39.6 Å². The van der Waals surface area contributed by atoms with Gasteiger partial charge in [0.2, 0.25) is 0 Å². The van der Waals surface area contributed by atoms with Crippen molar-refractivity contribution in [3.8, 4) is 16.8 Å². The number of hydrogen-bond acceptors (Lipinski definition) is 2. The fraction of sp³-hybridized carbons (Fsp3) is 0.0877. The van der Waals surface area contributed by atoms with Gasteiger partial charge >= 0.3 is 0 Å². The van der Waals surface area contributed by atoms with Crippen LogP contribution in [0.5, 0.6) is 0 Å². The Morgan fingerprint density at radius 3 is 1.97 bits per heavy atom. The minimum Gasteiger partial charge on any atom is -0.344 e. The van der Waals surface area contributed by atoms with E-state index in [1.54, 1.807) is 0 Å². The number of hydrogen-bond donors (Lipinski definition) is 0. The van der Waals surface area contributed by atoms with Crippen LogP contribution >= 0.6 is 0 Å². The molecule has 8 aromatic carbocycles. The lowest BCUT2D eigenvalue weighted by molar-refractivity contribution is 0.654. The summed E-state index contributed by atoms with van der Waals surface area (Å²) in [7, 11) is 2.17. The van der Waals surface area contributed by atoms with Gasteiger partial charge in [-0.2, -0.15) is 0 Å². The fourth-order valence-corrected chi connectivity index (χ4v) is 9.54. The highest BCUT2D eigenvalue weighted by Crippen LogP contribution is 2.50. The third kappa shape index (κ3) is 5.96. The molecule has 1 heterocycles. The average molecular weight is 774 g/mol. The molecule has 1 aliphatic carbocycles. The van der Waals surface area contributed by atoms with E-state index in [1.807, 2.05) is 6.08 Å². The molecule has 0 amide bonds. The maximum absolute atomic E-state index is 4.23. The lowest BCUT2D eigenvalue weighted by Gasteiger charge is -2.30. The van der Waals surface area contributed by atoms with E-state index in [0.29, 0.717) is 0 Å². The van der Waals surface area contributed by atoms with E-state index >= 15 is 0 Å². The zero-order valence-electron chi connectivity index (χ0n) is 34.6. The van der Waals surface area contributed by atoms with Crippen molar-refractivity contribution in [2.24, 2.45) is 0 Å². The second-order valence-electron chi connectivity index (χ2n) is 16.2. The van der Waals surface area contributed by atoms with Crippen LogP contribution in [0.15, 0.2) is 212 Å². The first-order valence-corrected chi connectivity index (χ1v) is 20.8. The maximum Gasteiger partial charge on any atom is 0.0541 e. The number of anilines is 5. The standard InChI is InChI=1S/C57H47N3/c1-6-19-51-45(7-2)47-33-31-44(38-52(47)57(51,3)4)59(42-24-12-9-13-25-42)43-32-35-53(58(5)41-22-10-8-11-23-41)49(37-43)40-30-34-56-50(36-40)48-27-16-17-28-55(48)60(56)54-29-18-21-39-20-14-15-26-46(39)54/h6-38H,2H2,1,3-5H3/b19-6-. The van der Waals surface area contributed by atoms with Crippen molar-refractivity contribution in [3.05, 3.63) is 223 Å². The van der Waals surface area contributed by atoms with Gasteiger partial charge in [-0.3, -0.25) is 0 Å². The Morgan fingerprint density at radius 1 is 0.550 bits per heavy atom. The molecule has 10 rings (SSSR count). The Labute approximate surface area is 353 Å². The molecule has 3 heteroatoms. The number of nitrogens with zero attached hydrogens (tertiary/aromatic N) is 3. The Hall–Kier alpha value is -7.36. The number of aromatic nitrogens is 1. The molecule has 0 bridgehead atoms. The first kappa shape index (κ1) is 36.9. The topological polar surface area (TPSA) is 11.4 Å². The molecule has 60 heavy (non-hydrogen) atoms. The lowest BCUT2D eigenvalue weighted by Crippen LogP contribution is -2.18. The zero-order valence-corrected chi connectivity index (χ0v) is 34.6. The second kappa shape index (κ2) is 14.8. The summed E-state index contributed by atoms with van der Waals surface area (Å²) < 4.78 is 2.44. The van der Waals surface area contributed by atoms with Gasteiger partial charge < -0.3 is 14.4 Å². The molecule has 290 valence electrons. The van der Waals surface area contributed by atoms with Gasteiger partial charge in [-0.1, -0.05) is 142 Å². The molecular formula is C57H47N3. The molecule has 0 saturated carbocycles. The van der Waals surface area contributed by atoms with Gasteiger partial charge in [0.25, 0.3) is 0 Å². The highest BCUT2D eigenvalue weighted by atomic mass is 15.1. The summed E-state index contributed by atoms with van der Waals surface area (Å²) in [6, 6.07) is 66.4. The molecule has 0 atom stereocenters. The highest BCUT2D eigenvalue weighted by molar-refractivity contribution is 6.12. The molecule has 1 aliphatic rings. The minimum atomic E-state index is -0.183. The average Bonchev–Trinajstić information content (AvgIpc) is 3.73. The zero-order chi connectivity index (χ0) is 41.0. The number of benzene rings is 8. The minimum absolute atomic E-state index is 0.183. The van der Waals surface area contributed by atoms with E-state index in [-0.39, 0.29) is 5.41 Å². The molecule has 0 spiro atoms. The highest BCUT2D eigenvalue weighted by Gasteiger charge is 2.36. The number of para-hydroxylation sites is 3. The summed E-state index contributed by atoms with van der Waals surface area (Å²) in [6.07, 6.45) is 6.40. The molecule has 0 N–H and O–H groups in total. The molecule has 1 aromatic heterocycles. The van der Waals surface area contributed by atoms with Gasteiger partial charge in [0.05, 0.1) is 16.7 Å². The Morgan fingerprint density at radius 2 is 1.20 bits per heavy atom.